The quantitative estimate of drug-likeness (QED) is 0.729. The fourth-order valence-corrected chi connectivity index (χ4v) is 2.65. The molecule has 104 valence electrons. The number of carbonyl (C=O) groups excluding carboxylic acids is 1. The number of nitrogen functional groups attached to an aromatic ring is 1. The van der Waals surface area contributed by atoms with Gasteiger partial charge in [0.2, 0.25) is 5.91 Å². The van der Waals surface area contributed by atoms with Crippen molar-refractivity contribution in [2.45, 2.75) is 32.6 Å². The number of carbonyl (C=O) groups is 1. The van der Waals surface area contributed by atoms with Crippen molar-refractivity contribution in [1.82, 2.24) is 0 Å². The van der Waals surface area contributed by atoms with Crippen LogP contribution >= 0.6 is 0 Å². The van der Waals surface area contributed by atoms with Gasteiger partial charge in [-0.1, -0.05) is 19.8 Å². The number of amides is 1. The molecule has 0 radical (unpaired) electrons. The number of benzene rings is 1. The van der Waals surface area contributed by atoms with Crippen LogP contribution in [0.4, 0.5) is 11.4 Å². The van der Waals surface area contributed by atoms with Crippen molar-refractivity contribution in [3.8, 4) is 0 Å². The van der Waals surface area contributed by atoms with Crippen LogP contribution in [-0.2, 0) is 0 Å². The summed E-state index contributed by atoms with van der Waals surface area (Å²) in [7, 11) is 0. The molecule has 0 heterocycles. The van der Waals surface area contributed by atoms with Gasteiger partial charge in [0.25, 0.3) is 0 Å². The van der Waals surface area contributed by atoms with E-state index in [1.807, 2.05) is 0 Å². The van der Waals surface area contributed by atoms with Gasteiger partial charge in [-0.3, -0.25) is 4.79 Å². The second-order valence-electron chi connectivity index (χ2n) is 5.67. The molecule has 0 aliphatic heterocycles. The van der Waals surface area contributed by atoms with Gasteiger partial charge in [0.05, 0.1) is 11.4 Å². The molecule has 5 N–H and O–H groups in total. The number of rotatable bonds is 4. The van der Waals surface area contributed by atoms with Crippen molar-refractivity contribution in [3.05, 3.63) is 23.8 Å². The molecule has 0 saturated heterocycles. The van der Waals surface area contributed by atoms with Gasteiger partial charge in [0, 0.05) is 12.1 Å². The van der Waals surface area contributed by atoms with E-state index in [2.05, 4.69) is 12.2 Å². The average molecular weight is 261 g/mol. The third-order valence-electron chi connectivity index (χ3n) is 4.05. The summed E-state index contributed by atoms with van der Waals surface area (Å²) in [6, 6.07) is 5.12. The number of anilines is 2. The molecule has 1 aromatic carbocycles. The van der Waals surface area contributed by atoms with E-state index in [9.17, 15) is 4.79 Å². The van der Waals surface area contributed by atoms with Crippen LogP contribution in [0, 0.1) is 11.8 Å². The maximum Gasteiger partial charge on any atom is 0.248 e. The molecule has 0 atom stereocenters. The smallest absolute Gasteiger partial charge is 0.248 e. The Hall–Kier alpha value is -1.71. The number of primary amides is 1. The van der Waals surface area contributed by atoms with Crippen molar-refractivity contribution in [2.75, 3.05) is 17.6 Å². The maximum atomic E-state index is 11.2. The van der Waals surface area contributed by atoms with Gasteiger partial charge in [-0.25, -0.2) is 0 Å². The minimum Gasteiger partial charge on any atom is -0.397 e. The van der Waals surface area contributed by atoms with E-state index in [4.69, 9.17) is 11.5 Å². The molecule has 1 fully saturated rings. The zero-order chi connectivity index (χ0) is 13.8. The zero-order valence-corrected chi connectivity index (χ0v) is 11.5. The molecule has 1 saturated carbocycles. The highest BCUT2D eigenvalue weighted by molar-refractivity contribution is 5.94. The van der Waals surface area contributed by atoms with Crippen LogP contribution in [0.25, 0.3) is 0 Å². The topological polar surface area (TPSA) is 81.1 Å². The number of hydrogen-bond acceptors (Lipinski definition) is 3. The summed E-state index contributed by atoms with van der Waals surface area (Å²) in [4.78, 5) is 11.2. The van der Waals surface area contributed by atoms with Crippen LogP contribution in [0.2, 0.25) is 0 Å². The van der Waals surface area contributed by atoms with E-state index in [0.29, 0.717) is 17.2 Å². The van der Waals surface area contributed by atoms with E-state index in [0.717, 1.165) is 18.2 Å². The van der Waals surface area contributed by atoms with E-state index in [1.165, 1.54) is 25.7 Å². The lowest BCUT2D eigenvalue weighted by Gasteiger charge is -2.26. The molecule has 19 heavy (non-hydrogen) atoms. The van der Waals surface area contributed by atoms with Crippen molar-refractivity contribution in [2.24, 2.45) is 17.6 Å². The lowest BCUT2D eigenvalue weighted by molar-refractivity contribution is 0.100. The Balaban J connectivity index is 1.95. The second kappa shape index (κ2) is 5.95. The van der Waals surface area contributed by atoms with Crippen molar-refractivity contribution < 1.29 is 4.79 Å². The molecule has 1 aliphatic rings. The molecule has 0 bridgehead atoms. The fraction of sp³-hybridized carbons (Fsp3) is 0.533. The Labute approximate surface area is 114 Å². The molecular weight excluding hydrogens is 238 g/mol. The molecule has 2 rings (SSSR count). The molecule has 1 aromatic rings. The van der Waals surface area contributed by atoms with Gasteiger partial charge in [0.1, 0.15) is 0 Å². The second-order valence-corrected chi connectivity index (χ2v) is 5.67. The molecule has 0 aromatic heterocycles. The van der Waals surface area contributed by atoms with E-state index >= 15 is 0 Å². The SMILES string of the molecule is CC1CCC(CNc2cc(C(N)=O)ccc2N)CC1. The highest BCUT2D eigenvalue weighted by Gasteiger charge is 2.18. The van der Waals surface area contributed by atoms with Gasteiger partial charge in [-0.15, -0.1) is 0 Å². The van der Waals surface area contributed by atoms with Crippen molar-refractivity contribution in [1.29, 1.82) is 0 Å². The predicted octanol–water partition coefficient (Wildman–Crippen LogP) is 2.61. The first-order valence-corrected chi connectivity index (χ1v) is 6.99. The Bertz CT molecular complexity index is 451. The summed E-state index contributed by atoms with van der Waals surface area (Å²) in [6.45, 7) is 3.23. The van der Waals surface area contributed by atoms with Crippen LogP contribution in [-0.4, -0.2) is 12.5 Å². The maximum absolute atomic E-state index is 11.2. The van der Waals surface area contributed by atoms with Crippen LogP contribution in [0.15, 0.2) is 18.2 Å². The zero-order valence-electron chi connectivity index (χ0n) is 11.5. The van der Waals surface area contributed by atoms with Crippen LogP contribution in [0.5, 0.6) is 0 Å². The standard InChI is InChI=1S/C15H23N3O/c1-10-2-4-11(5-3-10)9-18-14-8-12(15(17)19)6-7-13(14)16/h6-8,10-11,18H,2-5,9,16H2,1H3,(H2,17,19). The monoisotopic (exact) mass is 261 g/mol. The summed E-state index contributed by atoms with van der Waals surface area (Å²) in [5.74, 6) is 1.14. The third-order valence-corrected chi connectivity index (χ3v) is 4.05. The first kappa shape index (κ1) is 13.7. The molecule has 0 spiro atoms. The van der Waals surface area contributed by atoms with E-state index in [-0.39, 0.29) is 0 Å². The Morgan fingerprint density at radius 2 is 2.00 bits per heavy atom. The van der Waals surface area contributed by atoms with Crippen LogP contribution in [0.3, 0.4) is 0 Å². The Kier molecular flexibility index (Phi) is 4.30. The third kappa shape index (κ3) is 3.63. The lowest BCUT2D eigenvalue weighted by Crippen LogP contribution is -2.21. The van der Waals surface area contributed by atoms with Crippen LogP contribution in [0.1, 0.15) is 43.0 Å². The van der Waals surface area contributed by atoms with Crippen LogP contribution < -0.4 is 16.8 Å². The van der Waals surface area contributed by atoms with Gasteiger partial charge >= 0.3 is 0 Å². The Morgan fingerprint density at radius 3 is 2.63 bits per heavy atom. The van der Waals surface area contributed by atoms with E-state index < -0.39 is 5.91 Å². The number of hydrogen-bond donors (Lipinski definition) is 3. The molecule has 1 amide bonds. The van der Waals surface area contributed by atoms with Gasteiger partial charge in [0.15, 0.2) is 0 Å². The molecule has 4 nitrogen and oxygen atoms in total. The lowest BCUT2D eigenvalue weighted by atomic mass is 9.83. The fourth-order valence-electron chi connectivity index (χ4n) is 2.65. The highest BCUT2D eigenvalue weighted by Crippen LogP contribution is 2.29. The molecular formula is C15H23N3O. The van der Waals surface area contributed by atoms with Crippen molar-refractivity contribution in [3.63, 3.8) is 0 Å². The summed E-state index contributed by atoms with van der Waals surface area (Å²) in [5, 5.41) is 3.36. The van der Waals surface area contributed by atoms with Gasteiger partial charge in [-0.2, -0.15) is 0 Å². The highest BCUT2D eigenvalue weighted by atomic mass is 16.1. The summed E-state index contributed by atoms with van der Waals surface area (Å²) in [5.41, 5.74) is 13.2. The molecule has 1 aliphatic carbocycles. The summed E-state index contributed by atoms with van der Waals surface area (Å²) < 4.78 is 0. The predicted molar refractivity (Wildman–Crippen MR) is 79.0 cm³/mol. The first-order valence-electron chi connectivity index (χ1n) is 6.99. The van der Waals surface area contributed by atoms with Gasteiger partial charge in [-0.05, 0) is 42.9 Å². The molecule has 0 unspecified atom stereocenters. The largest absolute Gasteiger partial charge is 0.397 e. The first-order chi connectivity index (χ1) is 9.06. The molecule has 4 heteroatoms. The summed E-state index contributed by atoms with van der Waals surface area (Å²) >= 11 is 0. The number of nitrogens with two attached hydrogens (primary N) is 2. The Morgan fingerprint density at radius 1 is 1.32 bits per heavy atom. The summed E-state index contributed by atoms with van der Waals surface area (Å²) in [6.07, 6.45) is 5.15. The minimum absolute atomic E-state index is 0.422. The number of nitrogens with one attached hydrogen (secondary N) is 1. The van der Waals surface area contributed by atoms with Gasteiger partial charge < -0.3 is 16.8 Å². The van der Waals surface area contributed by atoms with E-state index in [1.54, 1.807) is 18.2 Å². The van der Waals surface area contributed by atoms with Crippen molar-refractivity contribution >= 4 is 17.3 Å². The minimum atomic E-state index is -0.422. The normalized spacial score (nSPS) is 23.0. The average Bonchev–Trinajstić information content (AvgIpc) is 2.39.